The van der Waals surface area contributed by atoms with Crippen molar-refractivity contribution in [1.82, 2.24) is 15.1 Å². The Kier molecular flexibility index (Phi) is 4.01. The highest BCUT2D eigenvalue weighted by molar-refractivity contribution is 6.04. The van der Waals surface area contributed by atoms with Crippen molar-refractivity contribution in [2.75, 3.05) is 19.6 Å². The van der Waals surface area contributed by atoms with E-state index in [0.717, 1.165) is 24.2 Å². The van der Waals surface area contributed by atoms with Crippen LogP contribution in [0.3, 0.4) is 0 Å². The summed E-state index contributed by atoms with van der Waals surface area (Å²) >= 11 is 0. The molecule has 0 atom stereocenters. The van der Waals surface area contributed by atoms with Crippen LogP contribution in [-0.2, 0) is 9.59 Å². The van der Waals surface area contributed by atoms with Gasteiger partial charge in [0.05, 0.1) is 0 Å². The van der Waals surface area contributed by atoms with E-state index in [1.54, 1.807) is 4.90 Å². The van der Waals surface area contributed by atoms with E-state index in [2.05, 4.69) is 26.1 Å². The molecule has 2 fully saturated rings. The zero-order valence-electron chi connectivity index (χ0n) is 12.4. The van der Waals surface area contributed by atoms with Gasteiger partial charge in [0, 0.05) is 12.6 Å². The smallest absolute Gasteiger partial charge is 0.327 e. The molecule has 0 spiro atoms. The lowest BCUT2D eigenvalue weighted by atomic mass is 9.92. The summed E-state index contributed by atoms with van der Waals surface area (Å²) in [6.07, 6.45) is 2.78. The summed E-state index contributed by atoms with van der Waals surface area (Å²) in [6.45, 7) is 6.81. The Labute approximate surface area is 119 Å². The van der Waals surface area contributed by atoms with Gasteiger partial charge >= 0.3 is 6.03 Å². The zero-order chi connectivity index (χ0) is 14.9. The lowest BCUT2D eigenvalue weighted by Crippen LogP contribution is -2.42. The second kappa shape index (κ2) is 5.42. The van der Waals surface area contributed by atoms with Crippen molar-refractivity contribution in [2.24, 2.45) is 5.41 Å². The predicted molar refractivity (Wildman–Crippen MR) is 73.9 cm³/mol. The molecule has 0 aromatic carbocycles. The van der Waals surface area contributed by atoms with E-state index in [1.807, 2.05) is 0 Å². The molecular weight excluding hydrogens is 258 g/mol. The van der Waals surface area contributed by atoms with Crippen LogP contribution in [0.2, 0.25) is 0 Å². The Morgan fingerprint density at radius 1 is 1.30 bits per heavy atom. The van der Waals surface area contributed by atoms with Crippen LogP contribution < -0.4 is 5.32 Å². The number of carbonyl (C=O) groups is 3. The number of urea groups is 1. The maximum Gasteiger partial charge on any atom is 0.327 e. The summed E-state index contributed by atoms with van der Waals surface area (Å²) in [7, 11) is 0. The second-order valence-electron chi connectivity index (χ2n) is 6.78. The first-order valence-corrected chi connectivity index (χ1v) is 7.15. The van der Waals surface area contributed by atoms with Gasteiger partial charge in [-0.2, -0.15) is 0 Å². The molecule has 1 heterocycles. The van der Waals surface area contributed by atoms with Gasteiger partial charge in [0.15, 0.2) is 0 Å². The number of nitrogens with zero attached hydrogens (tertiary/aromatic N) is 2. The first-order chi connectivity index (χ1) is 9.28. The number of carbonyl (C=O) groups excluding carboxylic acids is 3. The van der Waals surface area contributed by atoms with Gasteiger partial charge in [-0.1, -0.05) is 20.8 Å². The van der Waals surface area contributed by atoms with Crippen molar-refractivity contribution >= 4 is 17.8 Å². The quantitative estimate of drug-likeness (QED) is 0.763. The Bertz CT molecular complexity index is 424. The number of rotatable bonds is 5. The van der Waals surface area contributed by atoms with E-state index >= 15 is 0 Å². The van der Waals surface area contributed by atoms with Gasteiger partial charge in [0.1, 0.15) is 13.1 Å². The fraction of sp³-hybridized carbons (Fsp3) is 0.786. The van der Waals surface area contributed by atoms with Crippen molar-refractivity contribution in [3.8, 4) is 0 Å². The first kappa shape index (κ1) is 14.8. The molecule has 1 aliphatic carbocycles. The third-order valence-electron chi connectivity index (χ3n) is 3.57. The van der Waals surface area contributed by atoms with E-state index in [4.69, 9.17) is 0 Å². The van der Waals surface area contributed by atoms with Gasteiger partial charge in [0.2, 0.25) is 5.91 Å². The normalized spacial score (nSPS) is 19.8. The average molecular weight is 281 g/mol. The molecule has 0 unspecified atom stereocenters. The second-order valence-corrected chi connectivity index (χ2v) is 6.78. The van der Waals surface area contributed by atoms with Gasteiger partial charge in [-0.05, 0) is 24.7 Å². The highest BCUT2D eigenvalue weighted by atomic mass is 16.2. The van der Waals surface area contributed by atoms with Crippen LogP contribution in [-0.4, -0.2) is 53.3 Å². The summed E-state index contributed by atoms with van der Waals surface area (Å²) < 4.78 is 0. The molecule has 0 radical (unpaired) electrons. The van der Waals surface area contributed by atoms with Crippen LogP contribution in [0.15, 0.2) is 0 Å². The Balaban J connectivity index is 1.79. The summed E-state index contributed by atoms with van der Waals surface area (Å²) in [4.78, 5) is 38.2. The largest absolute Gasteiger partial charge is 0.355 e. The van der Waals surface area contributed by atoms with E-state index in [9.17, 15) is 14.4 Å². The van der Waals surface area contributed by atoms with Crippen molar-refractivity contribution in [3.63, 3.8) is 0 Å². The topological polar surface area (TPSA) is 69.7 Å². The maximum absolute atomic E-state index is 12.0. The van der Waals surface area contributed by atoms with Gasteiger partial charge in [-0.15, -0.1) is 0 Å². The predicted octanol–water partition coefficient (Wildman–Crippen LogP) is 0.965. The molecule has 6 heteroatoms. The molecule has 0 bridgehead atoms. The molecule has 1 saturated heterocycles. The Morgan fingerprint density at radius 3 is 2.50 bits per heavy atom. The van der Waals surface area contributed by atoms with Gasteiger partial charge in [-0.3, -0.25) is 14.5 Å². The van der Waals surface area contributed by atoms with Crippen molar-refractivity contribution in [1.29, 1.82) is 0 Å². The third-order valence-corrected chi connectivity index (χ3v) is 3.57. The molecule has 6 nitrogen and oxygen atoms in total. The van der Waals surface area contributed by atoms with Gasteiger partial charge in [0.25, 0.3) is 5.91 Å². The Hall–Kier alpha value is -1.59. The SMILES string of the molecule is CC(C)(C)CCNC(=O)CN1C(=O)CN(C2CC2)C1=O. The molecule has 2 rings (SSSR count). The third kappa shape index (κ3) is 3.71. The molecule has 4 amide bonds. The maximum atomic E-state index is 12.0. The number of hydrogen-bond donors (Lipinski definition) is 1. The van der Waals surface area contributed by atoms with E-state index in [0.29, 0.717) is 6.54 Å². The fourth-order valence-corrected chi connectivity index (χ4v) is 2.16. The molecule has 112 valence electrons. The lowest BCUT2D eigenvalue weighted by Gasteiger charge is -2.19. The van der Waals surface area contributed by atoms with Crippen LogP contribution in [0.4, 0.5) is 4.79 Å². The number of nitrogens with one attached hydrogen (secondary N) is 1. The Morgan fingerprint density at radius 2 is 1.95 bits per heavy atom. The minimum atomic E-state index is -0.316. The van der Waals surface area contributed by atoms with Crippen molar-refractivity contribution < 1.29 is 14.4 Å². The van der Waals surface area contributed by atoms with Crippen LogP contribution in [0.25, 0.3) is 0 Å². The number of imide groups is 1. The minimum absolute atomic E-state index is 0.124. The lowest BCUT2D eigenvalue weighted by molar-refractivity contribution is -0.130. The van der Waals surface area contributed by atoms with Crippen molar-refractivity contribution in [2.45, 2.75) is 46.1 Å². The summed E-state index contributed by atoms with van der Waals surface area (Å²) in [5.41, 5.74) is 0.148. The summed E-state index contributed by atoms with van der Waals surface area (Å²) in [5, 5.41) is 2.76. The highest BCUT2D eigenvalue weighted by Crippen LogP contribution is 2.30. The number of hydrogen-bond acceptors (Lipinski definition) is 3. The van der Waals surface area contributed by atoms with Crippen LogP contribution in [0.5, 0.6) is 0 Å². The molecule has 0 aromatic heterocycles. The van der Waals surface area contributed by atoms with Crippen LogP contribution in [0.1, 0.15) is 40.0 Å². The molecule has 1 saturated carbocycles. The number of amides is 4. The zero-order valence-corrected chi connectivity index (χ0v) is 12.4. The summed E-state index contributed by atoms with van der Waals surface area (Å²) in [6, 6.07) is -0.108. The van der Waals surface area contributed by atoms with Crippen LogP contribution >= 0.6 is 0 Å². The monoisotopic (exact) mass is 281 g/mol. The van der Waals surface area contributed by atoms with Gasteiger partial charge in [-0.25, -0.2) is 4.79 Å². The van der Waals surface area contributed by atoms with Crippen molar-refractivity contribution in [3.05, 3.63) is 0 Å². The fourth-order valence-electron chi connectivity index (χ4n) is 2.16. The standard InChI is InChI=1S/C14H23N3O3/c1-14(2,3)6-7-15-11(18)8-17-12(19)9-16(13(17)20)10-4-5-10/h10H,4-9H2,1-3H3,(H,15,18). The molecule has 20 heavy (non-hydrogen) atoms. The highest BCUT2D eigenvalue weighted by Gasteiger charge is 2.44. The molecule has 2 aliphatic rings. The molecule has 0 aromatic rings. The van der Waals surface area contributed by atoms with E-state index < -0.39 is 0 Å². The first-order valence-electron chi connectivity index (χ1n) is 7.15. The average Bonchev–Trinajstić information content (AvgIpc) is 3.10. The van der Waals surface area contributed by atoms with Gasteiger partial charge < -0.3 is 10.2 Å². The summed E-state index contributed by atoms with van der Waals surface area (Å²) in [5.74, 6) is -0.540. The molecular formula is C14H23N3O3. The molecule has 1 aliphatic heterocycles. The van der Waals surface area contributed by atoms with E-state index in [1.165, 1.54) is 0 Å². The van der Waals surface area contributed by atoms with Crippen LogP contribution in [0, 0.1) is 5.41 Å². The minimum Gasteiger partial charge on any atom is -0.355 e. The molecule has 1 N–H and O–H groups in total. The van der Waals surface area contributed by atoms with E-state index in [-0.39, 0.29) is 42.4 Å².